The molecule has 3 aromatic rings. The van der Waals surface area contributed by atoms with Crippen molar-refractivity contribution >= 4 is 27.0 Å². The maximum Gasteiger partial charge on any atom is 0.256 e. The fraction of sp³-hybridized carbons (Fsp3) is 0.286. The molecule has 7 nitrogen and oxygen atoms in total. The third-order valence-corrected chi connectivity index (χ3v) is 7.31. The predicted molar refractivity (Wildman–Crippen MR) is 110 cm³/mol. The summed E-state index contributed by atoms with van der Waals surface area (Å²) in [6.07, 6.45) is 2.89. The van der Waals surface area contributed by atoms with Gasteiger partial charge in [0.1, 0.15) is 11.3 Å². The van der Waals surface area contributed by atoms with Gasteiger partial charge in [-0.15, -0.1) is 0 Å². The van der Waals surface area contributed by atoms with E-state index in [1.165, 1.54) is 27.7 Å². The van der Waals surface area contributed by atoms with Crippen LogP contribution in [0.15, 0.2) is 47.6 Å². The van der Waals surface area contributed by atoms with Crippen molar-refractivity contribution in [2.24, 2.45) is 0 Å². The molecule has 30 heavy (non-hydrogen) atoms. The van der Waals surface area contributed by atoms with Crippen molar-refractivity contribution in [1.82, 2.24) is 19.2 Å². The van der Waals surface area contributed by atoms with Gasteiger partial charge >= 0.3 is 0 Å². The molecule has 0 atom stereocenters. The van der Waals surface area contributed by atoms with Gasteiger partial charge in [0.05, 0.1) is 16.0 Å². The highest BCUT2D eigenvalue weighted by Gasteiger charge is 2.31. The topological polar surface area (TPSA) is 83.5 Å². The van der Waals surface area contributed by atoms with E-state index >= 15 is 0 Å². The number of nitrogens with zero attached hydrogens (tertiary/aromatic N) is 4. The second kappa shape index (κ2) is 7.73. The minimum absolute atomic E-state index is 0.128. The molecule has 1 aliphatic rings. The van der Waals surface area contributed by atoms with Gasteiger partial charge in [-0.1, -0.05) is 6.07 Å². The number of rotatable bonds is 3. The Bertz CT molecular complexity index is 1240. The Morgan fingerprint density at radius 3 is 2.37 bits per heavy atom. The van der Waals surface area contributed by atoms with Crippen molar-refractivity contribution in [3.8, 4) is 0 Å². The van der Waals surface area contributed by atoms with Gasteiger partial charge in [-0.3, -0.25) is 14.8 Å². The Balaban J connectivity index is 1.54. The zero-order valence-electron chi connectivity index (χ0n) is 16.7. The van der Waals surface area contributed by atoms with E-state index in [-0.39, 0.29) is 42.5 Å². The Kier molecular flexibility index (Phi) is 5.25. The molecule has 1 aromatic heterocycles. The smallest absolute Gasteiger partial charge is 0.256 e. The number of amides is 1. The molecule has 0 saturated carbocycles. The van der Waals surface area contributed by atoms with Gasteiger partial charge in [0, 0.05) is 44.6 Å². The van der Waals surface area contributed by atoms with E-state index in [0.29, 0.717) is 11.0 Å². The van der Waals surface area contributed by atoms with Gasteiger partial charge < -0.3 is 4.90 Å². The van der Waals surface area contributed by atoms with Crippen LogP contribution in [0.1, 0.15) is 21.5 Å². The van der Waals surface area contributed by atoms with Crippen LogP contribution in [-0.2, 0) is 10.0 Å². The Hall–Kier alpha value is -2.91. The molecule has 0 spiro atoms. The van der Waals surface area contributed by atoms with E-state index in [9.17, 15) is 17.6 Å². The van der Waals surface area contributed by atoms with Crippen molar-refractivity contribution in [2.45, 2.75) is 18.7 Å². The number of aryl methyl sites for hydroxylation is 2. The highest BCUT2D eigenvalue weighted by atomic mass is 32.2. The van der Waals surface area contributed by atoms with Crippen molar-refractivity contribution in [3.63, 3.8) is 0 Å². The molecule has 9 heteroatoms. The summed E-state index contributed by atoms with van der Waals surface area (Å²) in [5.74, 6) is -0.953. The van der Waals surface area contributed by atoms with E-state index in [1.807, 2.05) is 13.8 Å². The summed E-state index contributed by atoms with van der Waals surface area (Å²) in [4.78, 5) is 23.0. The number of benzene rings is 2. The third kappa shape index (κ3) is 3.66. The van der Waals surface area contributed by atoms with E-state index in [0.717, 1.165) is 17.2 Å². The molecule has 1 amide bonds. The molecule has 2 aromatic carbocycles. The molecule has 0 aliphatic carbocycles. The quantitative estimate of drug-likeness (QED) is 0.640. The Labute approximate surface area is 174 Å². The minimum Gasteiger partial charge on any atom is -0.336 e. The Morgan fingerprint density at radius 2 is 1.67 bits per heavy atom. The first kappa shape index (κ1) is 20.4. The van der Waals surface area contributed by atoms with Crippen LogP contribution in [0, 0.1) is 19.7 Å². The molecule has 0 bridgehead atoms. The van der Waals surface area contributed by atoms with Crippen LogP contribution in [0.2, 0.25) is 0 Å². The van der Waals surface area contributed by atoms with Crippen LogP contribution in [0.25, 0.3) is 11.0 Å². The van der Waals surface area contributed by atoms with E-state index in [2.05, 4.69) is 9.97 Å². The molecule has 0 N–H and O–H groups in total. The molecule has 1 saturated heterocycles. The summed E-state index contributed by atoms with van der Waals surface area (Å²) >= 11 is 0. The van der Waals surface area contributed by atoms with Crippen molar-refractivity contribution < 1.29 is 17.6 Å². The highest BCUT2D eigenvalue weighted by molar-refractivity contribution is 7.89. The molecular weight excluding hydrogens is 407 g/mol. The molecule has 1 aliphatic heterocycles. The highest BCUT2D eigenvalue weighted by Crippen LogP contribution is 2.23. The molecule has 2 heterocycles. The lowest BCUT2D eigenvalue weighted by Gasteiger charge is -2.34. The lowest BCUT2D eigenvalue weighted by molar-refractivity contribution is 0.0699. The number of hydrogen-bond acceptors (Lipinski definition) is 5. The molecule has 0 unspecified atom stereocenters. The second-order valence-electron chi connectivity index (χ2n) is 7.32. The average Bonchev–Trinajstić information content (AvgIpc) is 2.74. The zero-order valence-corrected chi connectivity index (χ0v) is 17.5. The van der Waals surface area contributed by atoms with Gasteiger partial charge in [-0.2, -0.15) is 4.31 Å². The monoisotopic (exact) mass is 428 g/mol. The maximum absolute atomic E-state index is 14.0. The van der Waals surface area contributed by atoms with Crippen LogP contribution in [-0.4, -0.2) is 59.7 Å². The standard InChI is InChI=1S/C21H21FN4O3S/c1-14-3-4-17(11-15(14)2)30(28,29)26-9-7-25(8-10-26)21(27)18-12-16(22)13-19-20(18)24-6-5-23-19/h3-6,11-13H,7-10H2,1-2H3. The van der Waals surface area contributed by atoms with Gasteiger partial charge in [0.25, 0.3) is 5.91 Å². The normalized spacial score (nSPS) is 15.5. The van der Waals surface area contributed by atoms with Gasteiger partial charge in [-0.25, -0.2) is 12.8 Å². The van der Waals surface area contributed by atoms with Crippen molar-refractivity contribution in [3.05, 3.63) is 65.2 Å². The van der Waals surface area contributed by atoms with Crippen molar-refractivity contribution in [1.29, 1.82) is 0 Å². The van der Waals surface area contributed by atoms with Crippen LogP contribution < -0.4 is 0 Å². The summed E-state index contributed by atoms with van der Waals surface area (Å²) in [5, 5.41) is 0. The second-order valence-corrected chi connectivity index (χ2v) is 9.26. The first-order valence-corrected chi connectivity index (χ1v) is 11.0. The number of fused-ring (bicyclic) bond motifs is 1. The largest absolute Gasteiger partial charge is 0.336 e. The molecular formula is C21H21FN4O3S. The number of piperazine rings is 1. The number of carbonyl (C=O) groups is 1. The first-order valence-electron chi connectivity index (χ1n) is 9.54. The zero-order chi connectivity index (χ0) is 21.5. The average molecular weight is 428 g/mol. The molecule has 4 rings (SSSR count). The summed E-state index contributed by atoms with van der Waals surface area (Å²) in [6, 6.07) is 7.44. The molecule has 0 radical (unpaired) electrons. The van der Waals surface area contributed by atoms with Gasteiger partial charge in [0.15, 0.2) is 0 Å². The maximum atomic E-state index is 14.0. The SMILES string of the molecule is Cc1ccc(S(=O)(=O)N2CCN(C(=O)c3cc(F)cc4nccnc34)CC2)cc1C. The summed E-state index contributed by atoms with van der Waals surface area (Å²) in [6.45, 7) is 4.55. The fourth-order valence-corrected chi connectivity index (χ4v) is 5.04. The number of sulfonamides is 1. The Morgan fingerprint density at radius 1 is 0.967 bits per heavy atom. The lowest BCUT2D eigenvalue weighted by Crippen LogP contribution is -2.50. The van der Waals surface area contributed by atoms with E-state index < -0.39 is 15.8 Å². The van der Waals surface area contributed by atoms with E-state index in [4.69, 9.17) is 0 Å². The van der Waals surface area contributed by atoms with Crippen LogP contribution >= 0.6 is 0 Å². The number of halogens is 1. The minimum atomic E-state index is -3.64. The third-order valence-electron chi connectivity index (χ3n) is 5.41. The van der Waals surface area contributed by atoms with Crippen LogP contribution in [0.4, 0.5) is 4.39 Å². The van der Waals surface area contributed by atoms with Crippen LogP contribution in [0.3, 0.4) is 0 Å². The van der Waals surface area contributed by atoms with E-state index in [1.54, 1.807) is 18.2 Å². The number of carbonyl (C=O) groups excluding carboxylic acids is 1. The number of aromatic nitrogens is 2. The summed E-state index contributed by atoms with van der Waals surface area (Å²) in [5.41, 5.74) is 2.69. The first-order chi connectivity index (χ1) is 14.3. The van der Waals surface area contributed by atoms with Gasteiger partial charge in [0.2, 0.25) is 10.0 Å². The predicted octanol–water partition coefficient (Wildman–Crippen LogP) is 2.53. The molecule has 1 fully saturated rings. The lowest BCUT2D eigenvalue weighted by atomic mass is 10.1. The summed E-state index contributed by atoms with van der Waals surface area (Å²) < 4.78 is 41.3. The fourth-order valence-electron chi connectivity index (χ4n) is 3.53. The van der Waals surface area contributed by atoms with Crippen molar-refractivity contribution in [2.75, 3.05) is 26.2 Å². The molecule has 156 valence electrons. The summed E-state index contributed by atoms with van der Waals surface area (Å²) in [7, 11) is -3.64. The van der Waals surface area contributed by atoms with Crippen LogP contribution in [0.5, 0.6) is 0 Å². The number of hydrogen-bond donors (Lipinski definition) is 0. The van der Waals surface area contributed by atoms with Gasteiger partial charge in [-0.05, 0) is 43.2 Å².